The minimum atomic E-state index is -3.69. The molecule has 0 radical (unpaired) electrons. The highest BCUT2D eigenvalue weighted by molar-refractivity contribution is 7.49. The molecule has 0 saturated carbocycles. The Morgan fingerprint density at radius 3 is 2.91 bits per heavy atom. The van der Waals surface area contributed by atoms with Gasteiger partial charge in [-0.05, 0) is 25.0 Å². The zero-order valence-electron chi connectivity index (χ0n) is 11.4. The minimum absolute atomic E-state index is 0.287. The van der Waals surface area contributed by atoms with Crippen molar-refractivity contribution in [2.45, 2.75) is 25.0 Å². The van der Waals surface area contributed by atoms with E-state index in [0.717, 1.165) is 24.1 Å². The number of benzene rings is 1. The van der Waals surface area contributed by atoms with E-state index in [1.807, 2.05) is 16.7 Å². The maximum absolute atomic E-state index is 12.7. The molecule has 3 aliphatic heterocycles. The standard InChI is InChI=1S/C14H10N3O4P/c15-8-9-3-5-10(6-4-9)14-7-1-2-11-12-16-13(17(11)14)20-22(18,19-12)21-14/h3-6H,1-2,7H2/t14-,22?/m1/s1. The molecule has 2 atom stereocenters. The predicted molar refractivity (Wildman–Crippen MR) is 73.3 cm³/mol. The summed E-state index contributed by atoms with van der Waals surface area (Å²) < 4.78 is 31.0. The Bertz CT molecular complexity index is 898. The second kappa shape index (κ2) is 3.72. The van der Waals surface area contributed by atoms with Crippen LogP contribution in [0.25, 0.3) is 0 Å². The van der Waals surface area contributed by atoms with Crippen LogP contribution in [0, 0.1) is 11.3 Å². The summed E-state index contributed by atoms with van der Waals surface area (Å²) in [6, 6.07) is 9.45. The largest absolute Gasteiger partial charge is 0.593 e. The molecule has 2 aromatic rings. The van der Waals surface area contributed by atoms with Crippen LogP contribution in [-0.4, -0.2) is 9.55 Å². The van der Waals surface area contributed by atoms with Crippen molar-refractivity contribution >= 4 is 7.82 Å². The first-order valence-corrected chi connectivity index (χ1v) is 8.42. The molecule has 4 heterocycles. The molecule has 110 valence electrons. The summed E-state index contributed by atoms with van der Waals surface area (Å²) in [5, 5.41) is 8.95. The Kier molecular flexibility index (Phi) is 2.08. The van der Waals surface area contributed by atoms with E-state index >= 15 is 0 Å². The molecule has 0 spiro atoms. The number of fused-ring (bicyclic) bond motifs is 3. The van der Waals surface area contributed by atoms with Gasteiger partial charge in [0.05, 0.1) is 17.3 Å². The van der Waals surface area contributed by atoms with Crippen LogP contribution in [0.2, 0.25) is 0 Å². The molecular weight excluding hydrogens is 305 g/mol. The third-order valence-electron chi connectivity index (χ3n) is 4.32. The van der Waals surface area contributed by atoms with E-state index in [4.69, 9.17) is 18.8 Å². The second-order valence-electron chi connectivity index (χ2n) is 5.53. The van der Waals surface area contributed by atoms with Gasteiger partial charge in [-0.1, -0.05) is 12.1 Å². The summed E-state index contributed by atoms with van der Waals surface area (Å²) >= 11 is 0. The number of imidazole rings is 1. The number of hydrogen-bond donors (Lipinski definition) is 0. The van der Waals surface area contributed by atoms with Gasteiger partial charge >= 0.3 is 13.8 Å². The van der Waals surface area contributed by atoms with Crippen LogP contribution in [0.5, 0.6) is 11.9 Å². The summed E-state index contributed by atoms with van der Waals surface area (Å²) in [5.74, 6) is 0.347. The average Bonchev–Trinajstić information content (AvgIpc) is 2.77. The van der Waals surface area contributed by atoms with Gasteiger partial charge in [-0.3, -0.25) is 4.57 Å². The molecular formula is C14H10N3O4P. The van der Waals surface area contributed by atoms with Crippen LogP contribution in [0.4, 0.5) is 0 Å². The number of nitriles is 1. The number of rotatable bonds is 1. The molecule has 7 nitrogen and oxygen atoms in total. The Hall–Kier alpha value is -2.29. The maximum atomic E-state index is 12.7. The van der Waals surface area contributed by atoms with Crippen LogP contribution >= 0.6 is 7.82 Å². The molecule has 1 aromatic carbocycles. The van der Waals surface area contributed by atoms with E-state index in [-0.39, 0.29) is 6.01 Å². The average molecular weight is 315 g/mol. The van der Waals surface area contributed by atoms with Crippen LogP contribution in [-0.2, 0) is 21.2 Å². The van der Waals surface area contributed by atoms with Gasteiger partial charge < -0.3 is 9.05 Å². The van der Waals surface area contributed by atoms with Crippen molar-refractivity contribution in [3.05, 3.63) is 41.1 Å². The Morgan fingerprint density at radius 1 is 1.32 bits per heavy atom. The number of aromatic nitrogens is 2. The first-order chi connectivity index (χ1) is 10.6. The van der Waals surface area contributed by atoms with Crippen LogP contribution in [0.3, 0.4) is 0 Å². The van der Waals surface area contributed by atoms with Crippen molar-refractivity contribution in [1.82, 2.24) is 9.55 Å². The number of hydrogen-bond acceptors (Lipinski definition) is 6. The molecule has 3 aliphatic rings. The summed E-state index contributed by atoms with van der Waals surface area (Å²) in [7, 11) is -3.69. The highest BCUT2D eigenvalue weighted by atomic mass is 31.2. The van der Waals surface area contributed by atoms with Crippen LogP contribution in [0.1, 0.15) is 29.7 Å². The lowest BCUT2D eigenvalue weighted by atomic mass is 9.91. The van der Waals surface area contributed by atoms with Gasteiger partial charge in [0.25, 0.3) is 0 Å². The molecule has 1 unspecified atom stereocenters. The number of phosphoric acid groups is 1. The van der Waals surface area contributed by atoms with Crippen molar-refractivity contribution in [2.24, 2.45) is 0 Å². The summed E-state index contributed by atoms with van der Waals surface area (Å²) in [6.07, 6.45) is 2.28. The normalized spacial score (nSPS) is 30.3. The summed E-state index contributed by atoms with van der Waals surface area (Å²) in [5.41, 5.74) is 1.28. The fourth-order valence-electron chi connectivity index (χ4n) is 3.41. The predicted octanol–water partition coefficient (Wildman–Crippen LogP) is 2.70. The first kappa shape index (κ1) is 12.3. The number of nitrogens with zero attached hydrogens (tertiary/aromatic N) is 3. The molecule has 22 heavy (non-hydrogen) atoms. The number of phosphoric ester groups is 1. The molecule has 5 rings (SSSR count). The molecule has 3 bridgehead atoms. The molecule has 8 heteroatoms. The lowest BCUT2D eigenvalue weighted by molar-refractivity contribution is -0.0327. The molecule has 1 aromatic heterocycles. The highest BCUT2D eigenvalue weighted by Crippen LogP contribution is 2.66. The highest BCUT2D eigenvalue weighted by Gasteiger charge is 2.59. The fourth-order valence-corrected chi connectivity index (χ4v) is 4.85. The Balaban J connectivity index is 1.79. The SMILES string of the molecule is N#Cc1ccc([C@]23CCCc4c5nc(n42)OP(=O)(O5)O3)cc1. The summed E-state index contributed by atoms with van der Waals surface area (Å²) in [6.45, 7) is 0. The van der Waals surface area contributed by atoms with Gasteiger partial charge in [0.2, 0.25) is 5.88 Å². The van der Waals surface area contributed by atoms with Crippen LogP contribution in [0.15, 0.2) is 24.3 Å². The topological polar surface area (TPSA) is 86.4 Å². The third-order valence-corrected chi connectivity index (χ3v) is 5.62. The van der Waals surface area contributed by atoms with Crippen molar-refractivity contribution in [2.75, 3.05) is 0 Å². The third kappa shape index (κ3) is 1.34. The zero-order chi connectivity index (χ0) is 14.9. The van der Waals surface area contributed by atoms with Gasteiger partial charge in [-0.15, -0.1) is 0 Å². The Labute approximate surface area is 125 Å². The minimum Gasteiger partial charge on any atom is -0.374 e. The van der Waals surface area contributed by atoms with E-state index in [1.165, 1.54) is 0 Å². The van der Waals surface area contributed by atoms with E-state index in [2.05, 4.69) is 11.1 Å². The van der Waals surface area contributed by atoms with Crippen molar-refractivity contribution in [3.8, 4) is 18.0 Å². The molecule has 0 amide bonds. The Morgan fingerprint density at radius 2 is 2.14 bits per heavy atom. The fraction of sp³-hybridized carbons (Fsp3) is 0.286. The molecule has 0 aliphatic carbocycles. The van der Waals surface area contributed by atoms with E-state index in [9.17, 15) is 4.57 Å². The van der Waals surface area contributed by atoms with E-state index in [1.54, 1.807) is 12.1 Å². The quantitative estimate of drug-likeness (QED) is 0.752. The van der Waals surface area contributed by atoms with Gasteiger partial charge in [0.15, 0.2) is 5.72 Å². The van der Waals surface area contributed by atoms with Gasteiger partial charge in [-0.2, -0.15) is 10.2 Å². The monoisotopic (exact) mass is 315 g/mol. The zero-order valence-corrected chi connectivity index (χ0v) is 12.2. The smallest absolute Gasteiger partial charge is 0.374 e. The van der Waals surface area contributed by atoms with E-state index in [0.29, 0.717) is 17.9 Å². The maximum Gasteiger partial charge on any atom is 0.593 e. The van der Waals surface area contributed by atoms with E-state index < -0.39 is 13.5 Å². The van der Waals surface area contributed by atoms with Crippen molar-refractivity contribution in [1.29, 1.82) is 5.26 Å². The second-order valence-corrected chi connectivity index (χ2v) is 6.97. The molecule has 0 fully saturated rings. The lowest BCUT2D eigenvalue weighted by Crippen LogP contribution is -2.43. The van der Waals surface area contributed by atoms with Crippen molar-refractivity contribution < 1.29 is 18.1 Å². The molecule has 0 saturated heterocycles. The van der Waals surface area contributed by atoms with Gasteiger partial charge in [0, 0.05) is 12.0 Å². The van der Waals surface area contributed by atoms with Gasteiger partial charge in [-0.25, -0.2) is 9.09 Å². The lowest BCUT2D eigenvalue weighted by Gasteiger charge is -2.42. The van der Waals surface area contributed by atoms with Crippen molar-refractivity contribution in [3.63, 3.8) is 0 Å². The molecule has 0 N–H and O–H groups in total. The van der Waals surface area contributed by atoms with Gasteiger partial charge in [0.1, 0.15) is 0 Å². The first-order valence-electron chi connectivity index (χ1n) is 6.96. The summed E-state index contributed by atoms with van der Waals surface area (Å²) in [4.78, 5) is 4.24. The van der Waals surface area contributed by atoms with Crippen LogP contribution < -0.4 is 9.05 Å².